The van der Waals surface area contributed by atoms with E-state index in [0.29, 0.717) is 12.5 Å². The van der Waals surface area contributed by atoms with Gasteiger partial charge < -0.3 is 9.88 Å². The monoisotopic (exact) mass is 272 g/mol. The van der Waals surface area contributed by atoms with Crippen LogP contribution in [0.5, 0.6) is 0 Å². The van der Waals surface area contributed by atoms with Crippen LogP contribution in [-0.4, -0.2) is 27.6 Å². The number of benzene rings is 1. The topological polar surface area (TPSA) is 73.0 Å². The normalized spacial score (nSPS) is 15.1. The van der Waals surface area contributed by atoms with Crippen molar-refractivity contribution in [2.45, 2.75) is 19.4 Å². The van der Waals surface area contributed by atoms with Gasteiger partial charge in [0.05, 0.1) is 11.3 Å². The fourth-order valence-corrected chi connectivity index (χ4v) is 2.52. The van der Waals surface area contributed by atoms with E-state index in [4.69, 9.17) is 0 Å². The van der Waals surface area contributed by atoms with Crippen molar-refractivity contribution in [2.75, 3.05) is 13.1 Å². The highest BCUT2D eigenvalue weighted by atomic mass is 16.6. The van der Waals surface area contributed by atoms with E-state index in [9.17, 15) is 10.1 Å². The maximum absolute atomic E-state index is 11.0. The lowest BCUT2D eigenvalue weighted by atomic mass is 9.99. The maximum Gasteiger partial charge on any atom is 0.272 e. The first-order chi connectivity index (χ1) is 9.66. The van der Waals surface area contributed by atoms with Gasteiger partial charge in [0, 0.05) is 49.1 Å². The van der Waals surface area contributed by atoms with Crippen LogP contribution < -0.4 is 5.32 Å². The SMILES string of the molecule is Cc1c(Cn2cncc2C2CNC2)cccc1[N+](=O)[O-]. The fourth-order valence-electron chi connectivity index (χ4n) is 2.52. The van der Waals surface area contributed by atoms with Gasteiger partial charge in [-0.15, -0.1) is 0 Å². The van der Waals surface area contributed by atoms with Gasteiger partial charge in [-0.2, -0.15) is 0 Å². The molecule has 1 N–H and O–H groups in total. The maximum atomic E-state index is 11.0. The third-order valence-corrected chi connectivity index (χ3v) is 3.90. The zero-order chi connectivity index (χ0) is 14.1. The molecule has 6 nitrogen and oxygen atoms in total. The summed E-state index contributed by atoms with van der Waals surface area (Å²) < 4.78 is 2.08. The van der Waals surface area contributed by atoms with Crippen molar-refractivity contribution in [3.63, 3.8) is 0 Å². The summed E-state index contributed by atoms with van der Waals surface area (Å²) in [6.07, 6.45) is 3.68. The summed E-state index contributed by atoms with van der Waals surface area (Å²) in [7, 11) is 0. The molecule has 6 heteroatoms. The zero-order valence-electron chi connectivity index (χ0n) is 11.2. The molecule has 2 heterocycles. The van der Waals surface area contributed by atoms with Crippen LogP contribution in [0.25, 0.3) is 0 Å². The van der Waals surface area contributed by atoms with Crippen LogP contribution in [0.4, 0.5) is 5.69 Å². The Kier molecular flexibility index (Phi) is 3.23. The average molecular weight is 272 g/mol. The molecule has 0 atom stereocenters. The lowest BCUT2D eigenvalue weighted by molar-refractivity contribution is -0.385. The van der Waals surface area contributed by atoms with Crippen molar-refractivity contribution < 1.29 is 4.92 Å². The van der Waals surface area contributed by atoms with Crippen LogP contribution in [0.2, 0.25) is 0 Å². The average Bonchev–Trinajstić information content (AvgIpc) is 2.77. The molecule has 0 aliphatic carbocycles. The smallest absolute Gasteiger partial charge is 0.272 e. The third-order valence-electron chi connectivity index (χ3n) is 3.90. The summed E-state index contributed by atoms with van der Waals surface area (Å²) in [5.74, 6) is 0.497. The van der Waals surface area contributed by atoms with Crippen molar-refractivity contribution >= 4 is 5.69 Å². The highest BCUT2D eigenvalue weighted by molar-refractivity contribution is 5.44. The standard InChI is InChI=1S/C14H16N4O2/c1-10-11(3-2-4-13(10)18(19)20)8-17-9-16-7-14(17)12-5-15-6-12/h2-4,7,9,12,15H,5-6,8H2,1H3. The number of rotatable bonds is 4. The highest BCUT2D eigenvalue weighted by Crippen LogP contribution is 2.24. The predicted molar refractivity (Wildman–Crippen MR) is 74.8 cm³/mol. The van der Waals surface area contributed by atoms with E-state index < -0.39 is 0 Å². The number of hydrogen-bond acceptors (Lipinski definition) is 4. The molecule has 1 fully saturated rings. The van der Waals surface area contributed by atoms with Crippen molar-refractivity contribution in [1.29, 1.82) is 0 Å². The summed E-state index contributed by atoms with van der Waals surface area (Å²) in [6, 6.07) is 5.22. The molecule has 2 aromatic rings. The molecule has 0 amide bonds. The van der Waals surface area contributed by atoms with Gasteiger partial charge in [0.25, 0.3) is 5.69 Å². The van der Waals surface area contributed by atoms with E-state index in [2.05, 4.69) is 14.9 Å². The summed E-state index contributed by atoms with van der Waals surface area (Å²) in [4.78, 5) is 14.9. The Morgan fingerprint density at radius 3 is 2.95 bits per heavy atom. The van der Waals surface area contributed by atoms with Crippen LogP contribution in [0, 0.1) is 17.0 Å². The Labute approximate surface area is 116 Å². The Hall–Kier alpha value is -2.21. The number of nitro benzene ring substituents is 1. The molecule has 1 aromatic heterocycles. The zero-order valence-corrected chi connectivity index (χ0v) is 11.2. The van der Waals surface area contributed by atoms with Crippen molar-refractivity contribution in [3.05, 3.63) is 57.7 Å². The number of imidazole rings is 1. The van der Waals surface area contributed by atoms with Crippen molar-refractivity contribution in [1.82, 2.24) is 14.9 Å². The van der Waals surface area contributed by atoms with E-state index in [1.165, 1.54) is 5.69 Å². The van der Waals surface area contributed by atoms with Crippen LogP contribution in [0.15, 0.2) is 30.7 Å². The largest absolute Gasteiger partial charge is 0.330 e. The molecular weight excluding hydrogens is 256 g/mol. The Morgan fingerprint density at radius 2 is 2.30 bits per heavy atom. The first kappa shape index (κ1) is 12.8. The van der Waals surface area contributed by atoms with E-state index >= 15 is 0 Å². The molecule has 0 radical (unpaired) electrons. The van der Waals surface area contributed by atoms with E-state index in [0.717, 1.165) is 24.2 Å². The second-order valence-electron chi connectivity index (χ2n) is 5.12. The van der Waals surface area contributed by atoms with Gasteiger partial charge in [-0.05, 0) is 12.5 Å². The van der Waals surface area contributed by atoms with Gasteiger partial charge in [-0.1, -0.05) is 12.1 Å². The number of nitrogens with one attached hydrogen (secondary N) is 1. The second kappa shape index (κ2) is 5.05. The molecule has 20 heavy (non-hydrogen) atoms. The Balaban J connectivity index is 1.90. The predicted octanol–water partition coefficient (Wildman–Crippen LogP) is 1.83. The molecule has 0 unspecified atom stereocenters. The number of nitrogens with zero attached hydrogens (tertiary/aromatic N) is 3. The third kappa shape index (κ3) is 2.18. The molecule has 1 aliphatic heterocycles. The number of nitro groups is 1. The fraction of sp³-hybridized carbons (Fsp3) is 0.357. The Morgan fingerprint density at radius 1 is 1.50 bits per heavy atom. The van der Waals surface area contributed by atoms with E-state index in [1.807, 2.05) is 12.3 Å². The summed E-state index contributed by atoms with van der Waals surface area (Å²) in [5, 5.41) is 14.2. The number of aromatic nitrogens is 2. The molecule has 3 rings (SSSR count). The molecule has 1 aromatic carbocycles. The van der Waals surface area contributed by atoms with E-state index in [1.54, 1.807) is 25.4 Å². The van der Waals surface area contributed by atoms with E-state index in [-0.39, 0.29) is 10.6 Å². The second-order valence-corrected chi connectivity index (χ2v) is 5.12. The molecule has 0 spiro atoms. The van der Waals surface area contributed by atoms with Gasteiger partial charge in [0.2, 0.25) is 0 Å². The van der Waals surface area contributed by atoms with Gasteiger partial charge in [-0.25, -0.2) is 4.98 Å². The van der Waals surface area contributed by atoms with Crippen LogP contribution in [0.3, 0.4) is 0 Å². The van der Waals surface area contributed by atoms with Crippen LogP contribution in [0.1, 0.15) is 22.7 Å². The molecule has 0 saturated carbocycles. The summed E-state index contributed by atoms with van der Waals surface area (Å²) in [6.45, 7) is 4.37. The van der Waals surface area contributed by atoms with Gasteiger partial charge >= 0.3 is 0 Å². The summed E-state index contributed by atoms with van der Waals surface area (Å²) in [5.41, 5.74) is 3.05. The molecule has 1 saturated heterocycles. The van der Waals surface area contributed by atoms with Crippen LogP contribution >= 0.6 is 0 Å². The van der Waals surface area contributed by atoms with Gasteiger partial charge in [-0.3, -0.25) is 10.1 Å². The van der Waals surface area contributed by atoms with Crippen molar-refractivity contribution in [3.8, 4) is 0 Å². The minimum Gasteiger partial charge on any atom is -0.330 e. The minimum absolute atomic E-state index is 0.175. The molecule has 1 aliphatic rings. The molecule has 104 valence electrons. The summed E-state index contributed by atoms with van der Waals surface area (Å²) >= 11 is 0. The van der Waals surface area contributed by atoms with Crippen LogP contribution in [-0.2, 0) is 6.54 Å². The molecule has 0 bridgehead atoms. The quantitative estimate of drug-likeness (QED) is 0.680. The van der Waals surface area contributed by atoms with Gasteiger partial charge in [0.1, 0.15) is 0 Å². The highest BCUT2D eigenvalue weighted by Gasteiger charge is 2.23. The Bertz CT molecular complexity index is 646. The minimum atomic E-state index is -0.330. The molecular formula is C14H16N4O2. The lowest BCUT2D eigenvalue weighted by Gasteiger charge is -2.28. The lowest BCUT2D eigenvalue weighted by Crippen LogP contribution is -2.40. The first-order valence-corrected chi connectivity index (χ1v) is 6.60. The van der Waals surface area contributed by atoms with Crippen molar-refractivity contribution in [2.24, 2.45) is 0 Å². The van der Waals surface area contributed by atoms with Gasteiger partial charge in [0.15, 0.2) is 0 Å². The number of hydrogen-bond donors (Lipinski definition) is 1. The first-order valence-electron chi connectivity index (χ1n) is 6.60.